The molecule has 3 heterocycles. The topological polar surface area (TPSA) is 67.9 Å². The van der Waals surface area contributed by atoms with Gasteiger partial charge in [0.1, 0.15) is 5.82 Å². The van der Waals surface area contributed by atoms with Gasteiger partial charge in [0.2, 0.25) is 0 Å². The second kappa shape index (κ2) is 4.34. The van der Waals surface area contributed by atoms with Gasteiger partial charge in [-0.2, -0.15) is 0 Å². The van der Waals surface area contributed by atoms with Crippen molar-refractivity contribution in [3.8, 4) is 0 Å². The van der Waals surface area contributed by atoms with Gasteiger partial charge in [-0.1, -0.05) is 6.08 Å². The van der Waals surface area contributed by atoms with Crippen LogP contribution in [0.5, 0.6) is 0 Å². The first kappa shape index (κ1) is 11.1. The van der Waals surface area contributed by atoms with E-state index >= 15 is 0 Å². The third kappa shape index (κ3) is 1.93. The maximum absolute atomic E-state index is 11.9. The highest BCUT2D eigenvalue weighted by Crippen LogP contribution is 2.21. The quantitative estimate of drug-likeness (QED) is 0.822. The van der Waals surface area contributed by atoms with Crippen molar-refractivity contribution in [1.82, 2.24) is 15.0 Å². The van der Waals surface area contributed by atoms with Crippen LogP contribution in [0.25, 0.3) is 16.6 Å². The van der Waals surface area contributed by atoms with Gasteiger partial charge < -0.3 is 9.72 Å². The average Bonchev–Trinajstić information content (AvgIpc) is 2.39. The van der Waals surface area contributed by atoms with Gasteiger partial charge in [0.05, 0.1) is 18.6 Å². The predicted molar refractivity (Wildman–Crippen MR) is 68.3 cm³/mol. The zero-order valence-corrected chi connectivity index (χ0v) is 10.1. The van der Waals surface area contributed by atoms with Crippen LogP contribution in [0.2, 0.25) is 0 Å². The van der Waals surface area contributed by atoms with Gasteiger partial charge in [0.15, 0.2) is 5.65 Å². The SMILES string of the molecule is Cc1nc2ncc(C3=CCOCC3)cc2c(=O)[nH]1. The smallest absolute Gasteiger partial charge is 0.260 e. The molecule has 0 aromatic carbocycles. The molecule has 18 heavy (non-hydrogen) atoms. The number of nitrogens with one attached hydrogen (secondary N) is 1. The molecule has 0 radical (unpaired) electrons. The lowest BCUT2D eigenvalue weighted by Crippen LogP contribution is -2.11. The van der Waals surface area contributed by atoms with Crippen LogP contribution in [0.4, 0.5) is 0 Å². The van der Waals surface area contributed by atoms with Gasteiger partial charge in [-0.05, 0) is 30.5 Å². The van der Waals surface area contributed by atoms with Gasteiger partial charge in [0.25, 0.3) is 5.56 Å². The number of nitrogens with zero attached hydrogens (tertiary/aromatic N) is 2. The standard InChI is InChI=1S/C13H13N3O2/c1-8-15-12-11(13(17)16-8)6-10(7-14-12)9-2-4-18-5-3-9/h2,6-7H,3-5H2,1H3,(H,14,15,16,17). The molecular weight excluding hydrogens is 230 g/mol. The number of H-pyrrole nitrogens is 1. The molecule has 0 bridgehead atoms. The molecule has 0 saturated heterocycles. The Hall–Kier alpha value is -2.01. The van der Waals surface area contributed by atoms with Crippen LogP contribution >= 0.6 is 0 Å². The molecule has 92 valence electrons. The van der Waals surface area contributed by atoms with Gasteiger partial charge >= 0.3 is 0 Å². The van der Waals surface area contributed by atoms with Crippen molar-refractivity contribution in [2.75, 3.05) is 13.2 Å². The molecule has 0 spiro atoms. The third-order valence-electron chi connectivity index (χ3n) is 3.01. The highest BCUT2D eigenvalue weighted by Gasteiger charge is 2.09. The molecule has 2 aromatic heterocycles. The molecule has 0 atom stereocenters. The molecule has 1 aliphatic heterocycles. The fourth-order valence-corrected chi connectivity index (χ4v) is 2.10. The van der Waals surface area contributed by atoms with Crippen molar-refractivity contribution in [2.45, 2.75) is 13.3 Å². The first-order valence-electron chi connectivity index (χ1n) is 5.88. The molecule has 0 saturated carbocycles. The zero-order chi connectivity index (χ0) is 12.5. The predicted octanol–water partition coefficient (Wildman–Crippen LogP) is 1.43. The number of ether oxygens (including phenoxy) is 1. The van der Waals surface area contributed by atoms with Crippen molar-refractivity contribution < 1.29 is 4.74 Å². The van der Waals surface area contributed by atoms with E-state index in [4.69, 9.17) is 4.74 Å². The summed E-state index contributed by atoms with van der Waals surface area (Å²) < 4.78 is 5.27. The van der Waals surface area contributed by atoms with Gasteiger partial charge in [0, 0.05) is 6.20 Å². The molecule has 1 aliphatic rings. The molecule has 1 N–H and O–H groups in total. The van der Waals surface area contributed by atoms with Crippen molar-refractivity contribution in [1.29, 1.82) is 0 Å². The minimum atomic E-state index is -0.139. The third-order valence-corrected chi connectivity index (χ3v) is 3.01. The van der Waals surface area contributed by atoms with E-state index in [1.165, 1.54) is 5.57 Å². The van der Waals surface area contributed by atoms with Crippen LogP contribution in [-0.2, 0) is 4.74 Å². The maximum atomic E-state index is 11.9. The van der Waals surface area contributed by atoms with E-state index in [9.17, 15) is 4.79 Å². The van der Waals surface area contributed by atoms with Crippen LogP contribution in [0.3, 0.4) is 0 Å². The van der Waals surface area contributed by atoms with Crippen LogP contribution in [-0.4, -0.2) is 28.2 Å². The maximum Gasteiger partial charge on any atom is 0.260 e. The lowest BCUT2D eigenvalue weighted by Gasteiger charge is -2.13. The number of aromatic nitrogens is 3. The molecule has 0 unspecified atom stereocenters. The second-order valence-corrected chi connectivity index (χ2v) is 4.30. The summed E-state index contributed by atoms with van der Waals surface area (Å²) in [6, 6.07) is 1.85. The Bertz CT molecular complexity index is 688. The summed E-state index contributed by atoms with van der Waals surface area (Å²) in [5.41, 5.74) is 2.50. The second-order valence-electron chi connectivity index (χ2n) is 4.30. The number of aryl methyl sites for hydroxylation is 1. The summed E-state index contributed by atoms with van der Waals surface area (Å²) >= 11 is 0. The summed E-state index contributed by atoms with van der Waals surface area (Å²) in [5.74, 6) is 0.582. The summed E-state index contributed by atoms with van der Waals surface area (Å²) in [4.78, 5) is 23.0. The number of hydrogen-bond acceptors (Lipinski definition) is 4. The zero-order valence-electron chi connectivity index (χ0n) is 10.1. The van der Waals surface area contributed by atoms with Crippen LogP contribution < -0.4 is 5.56 Å². The van der Waals surface area contributed by atoms with E-state index in [-0.39, 0.29) is 5.56 Å². The highest BCUT2D eigenvalue weighted by atomic mass is 16.5. The van der Waals surface area contributed by atoms with Crippen LogP contribution in [0.15, 0.2) is 23.1 Å². The van der Waals surface area contributed by atoms with Crippen molar-refractivity contribution in [2.24, 2.45) is 0 Å². The number of hydrogen-bond donors (Lipinski definition) is 1. The first-order valence-corrected chi connectivity index (χ1v) is 5.88. The Balaban J connectivity index is 2.16. The Labute approximate surface area is 104 Å². The van der Waals surface area contributed by atoms with Crippen molar-refractivity contribution in [3.05, 3.63) is 40.1 Å². The Kier molecular flexibility index (Phi) is 2.68. The van der Waals surface area contributed by atoms with E-state index in [1.54, 1.807) is 13.1 Å². The molecule has 5 nitrogen and oxygen atoms in total. The molecular formula is C13H13N3O2. The van der Waals surface area contributed by atoms with E-state index < -0.39 is 0 Å². The number of rotatable bonds is 1. The highest BCUT2D eigenvalue weighted by molar-refractivity contribution is 5.79. The summed E-state index contributed by atoms with van der Waals surface area (Å²) in [6.45, 7) is 3.08. The fourth-order valence-electron chi connectivity index (χ4n) is 2.10. The van der Waals surface area contributed by atoms with E-state index in [1.807, 2.05) is 12.1 Å². The summed E-state index contributed by atoms with van der Waals surface area (Å²) in [5, 5.41) is 0.533. The average molecular weight is 243 g/mol. The number of aromatic amines is 1. The van der Waals surface area contributed by atoms with E-state index in [2.05, 4.69) is 15.0 Å². The molecule has 5 heteroatoms. The normalized spacial score (nSPS) is 15.7. The Morgan fingerprint density at radius 3 is 3.11 bits per heavy atom. The Morgan fingerprint density at radius 2 is 2.33 bits per heavy atom. The lowest BCUT2D eigenvalue weighted by molar-refractivity contribution is 0.161. The summed E-state index contributed by atoms with van der Waals surface area (Å²) in [7, 11) is 0. The van der Waals surface area contributed by atoms with Crippen molar-refractivity contribution >= 4 is 16.6 Å². The fraction of sp³-hybridized carbons (Fsp3) is 0.308. The summed E-state index contributed by atoms with van der Waals surface area (Å²) in [6.07, 6.45) is 4.65. The van der Waals surface area contributed by atoms with E-state index in [0.29, 0.717) is 30.1 Å². The number of pyridine rings is 1. The van der Waals surface area contributed by atoms with Gasteiger partial charge in [-0.15, -0.1) is 0 Å². The van der Waals surface area contributed by atoms with Crippen LogP contribution in [0.1, 0.15) is 17.8 Å². The molecule has 0 amide bonds. The monoisotopic (exact) mass is 243 g/mol. The molecule has 0 fully saturated rings. The number of fused-ring (bicyclic) bond motifs is 1. The minimum absolute atomic E-state index is 0.139. The van der Waals surface area contributed by atoms with E-state index in [0.717, 1.165) is 12.0 Å². The van der Waals surface area contributed by atoms with Crippen molar-refractivity contribution in [3.63, 3.8) is 0 Å². The van der Waals surface area contributed by atoms with Gasteiger partial charge in [-0.25, -0.2) is 9.97 Å². The molecule has 0 aliphatic carbocycles. The minimum Gasteiger partial charge on any atom is -0.377 e. The molecule has 2 aromatic rings. The van der Waals surface area contributed by atoms with Gasteiger partial charge in [-0.3, -0.25) is 4.79 Å². The first-order chi connectivity index (χ1) is 8.74. The largest absolute Gasteiger partial charge is 0.377 e. The lowest BCUT2D eigenvalue weighted by atomic mass is 10.0. The Morgan fingerprint density at radius 1 is 1.44 bits per heavy atom. The molecule has 3 rings (SSSR count). The van der Waals surface area contributed by atoms with Crippen LogP contribution in [0, 0.1) is 6.92 Å².